The minimum absolute atomic E-state index is 0. The number of nitrogens with one attached hydrogen (secondary N) is 1. The minimum Gasteiger partial charge on any atom is -0.335 e. The second-order valence-electron chi connectivity index (χ2n) is 3.71. The molecule has 0 saturated carbocycles. The number of nitrogens with zero attached hydrogens (tertiary/aromatic N) is 1. The molecule has 1 saturated heterocycles. The van der Waals surface area contributed by atoms with Gasteiger partial charge in [0.05, 0.1) is 8.66 Å². The molecule has 1 aromatic rings. The summed E-state index contributed by atoms with van der Waals surface area (Å²) in [6.07, 6.45) is 0. The fraction of sp³-hybridized carbons (Fsp3) is 0.500. The molecule has 1 aliphatic heterocycles. The quantitative estimate of drug-likeness (QED) is 0.860. The van der Waals surface area contributed by atoms with Gasteiger partial charge in [-0.3, -0.25) is 4.79 Å². The Morgan fingerprint density at radius 2 is 2.38 bits per heavy atom. The number of halogens is 2. The lowest BCUT2D eigenvalue weighted by Gasteiger charge is -2.31. The van der Waals surface area contributed by atoms with E-state index in [2.05, 4.69) is 28.2 Å². The van der Waals surface area contributed by atoms with Crippen LogP contribution in [-0.2, 0) is 0 Å². The Hall–Kier alpha value is -0.100. The lowest BCUT2D eigenvalue weighted by molar-refractivity contribution is 0.0714. The summed E-state index contributed by atoms with van der Waals surface area (Å²) in [6, 6.07) is 4.19. The Kier molecular flexibility index (Phi) is 5.24. The Morgan fingerprint density at radius 3 is 2.94 bits per heavy atom. The van der Waals surface area contributed by atoms with Crippen LogP contribution in [0.15, 0.2) is 15.9 Å². The molecule has 2 heterocycles. The number of carbonyl (C=O) groups is 1. The van der Waals surface area contributed by atoms with Crippen molar-refractivity contribution in [2.75, 3.05) is 19.6 Å². The van der Waals surface area contributed by atoms with Crippen LogP contribution in [0.25, 0.3) is 0 Å². The second kappa shape index (κ2) is 6.00. The molecule has 2 rings (SSSR count). The first-order chi connectivity index (χ1) is 7.16. The predicted molar refractivity (Wildman–Crippen MR) is 72.6 cm³/mol. The fourth-order valence-electron chi connectivity index (χ4n) is 1.70. The molecule has 0 radical (unpaired) electrons. The number of thiophene rings is 1. The SMILES string of the molecule is CC1CN(C(=O)c2ccc(Br)s2)CCN1.Cl. The van der Waals surface area contributed by atoms with Crippen LogP contribution in [0.5, 0.6) is 0 Å². The van der Waals surface area contributed by atoms with Crippen LogP contribution in [0.4, 0.5) is 0 Å². The number of hydrogen-bond donors (Lipinski definition) is 1. The Balaban J connectivity index is 0.00000128. The van der Waals surface area contributed by atoms with Gasteiger partial charge in [-0.1, -0.05) is 0 Å². The van der Waals surface area contributed by atoms with E-state index in [1.54, 1.807) is 0 Å². The standard InChI is InChI=1S/C10H13BrN2OS.ClH/c1-7-6-13(5-4-12-7)10(14)8-2-3-9(11)15-8;/h2-3,7,12H,4-6H2,1H3;1H. The summed E-state index contributed by atoms with van der Waals surface area (Å²) in [7, 11) is 0. The molecule has 0 bridgehead atoms. The van der Waals surface area contributed by atoms with Gasteiger partial charge in [0.15, 0.2) is 0 Å². The molecule has 0 spiro atoms. The normalized spacial score (nSPS) is 20.4. The Morgan fingerprint density at radius 1 is 1.62 bits per heavy atom. The van der Waals surface area contributed by atoms with Crippen molar-refractivity contribution < 1.29 is 4.79 Å². The van der Waals surface area contributed by atoms with Gasteiger partial charge in [0.25, 0.3) is 5.91 Å². The summed E-state index contributed by atoms with van der Waals surface area (Å²) in [5, 5.41) is 3.32. The third-order valence-corrected chi connectivity index (χ3v) is 4.05. The highest BCUT2D eigenvalue weighted by molar-refractivity contribution is 9.11. The van der Waals surface area contributed by atoms with Crippen molar-refractivity contribution in [2.45, 2.75) is 13.0 Å². The summed E-state index contributed by atoms with van der Waals surface area (Å²) in [4.78, 5) is 14.8. The summed E-state index contributed by atoms with van der Waals surface area (Å²) in [5.74, 6) is 0.152. The molecule has 1 atom stereocenters. The lowest BCUT2D eigenvalue weighted by Crippen LogP contribution is -2.51. The van der Waals surface area contributed by atoms with Crippen molar-refractivity contribution in [3.63, 3.8) is 0 Å². The van der Waals surface area contributed by atoms with Gasteiger partial charge in [0.2, 0.25) is 0 Å². The maximum Gasteiger partial charge on any atom is 0.264 e. The van der Waals surface area contributed by atoms with E-state index in [1.807, 2.05) is 17.0 Å². The van der Waals surface area contributed by atoms with Gasteiger partial charge in [0, 0.05) is 25.7 Å². The van der Waals surface area contributed by atoms with Crippen molar-refractivity contribution >= 4 is 45.6 Å². The highest BCUT2D eigenvalue weighted by Crippen LogP contribution is 2.23. The van der Waals surface area contributed by atoms with Gasteiger partial charge in [0.1, 0.15) is 0 Å². The van der Waals surface area contributed by atoms with E-state index in [1.165, 1.54) is 11.3 Å². The van der Waals surface area contributed by atoms with E-state index in [0.717, 1.165) is 28.3 Å². The summed E-state index contributed by atoms with van der Waals surface area (Å²) < 4.78 is 1.01. The number of carbonyl (C=O) groups excluding carboxylic acids is 1. The third kappa shape index (κ3) is 3.20. The average molecular weight is 326 g/mol. The molecule has 0 aromatic carbocycles. The molecule has 0 aliphatic carbocycles. The number of amides is 1. The molecular weight excluding hydrogens is 312 g/mol. The zero-order chi connectivity index (χ0) is 10.8. The second-order valence-corrected chi connectivity index (χ2v) is 6.17. The molecule has 90 valence electrons. The van der Waals surface area contributed by atoms with Crippen LogP contribution >= 0.6 is 39.7 Å². The van der Waals surface area contributed by atoms with E-state index >= 15 is 0 Å². The topological polar surface area (TPSA) is 32.3 Å². The highest BCUT2D eigenvalue weighted by Gasteiger charge is 2.22. The molecule has 3 nitrogen and oxygen atoms in total. The molecule has 1 aromatic heterocycles. The summed E-state index contributed by atoms with van der Waals surface area (Å²) in [5.41, 5.74) is 0. The van der Waals surface area contributed by atoms with E-state index in [0.29, 0.717) is 6.04 Å². The predicted octanol–water partition coefficient (Wildman–Crippen LogP) is 2.37. The highest BCUT2D eigenvalue weighted by atomic mass is 79.9. The van der Waals surface area contributed by atoms with Crippen molar-refractivity contribution in [1.29, 1.82) is 0 Å². The first-order valence-corrected chi connectivity index (χ1v) is 6.56. The zero-order valence-electron chi connectivity index (χ0n) is 8.90. The van der Waals surface area contributed by atoms with Gasteiger partial charge >= 0.3 is 0 Å². The van der Waals surface area contributed by atoms with Crippen LogP contribution in [0.1, 0.15) is 16.6 Å². The number of piperazine rings is 1. The molecule has 6 heteroatoms. The van der Waals surface area contributed by atoms with Gasteiger partial charge in [-0.15, -0.1) is 23.7 Å². The monoisotopic (exact) mass is 324 g/mol. The summed E-state index contributed by atoms with van der Waals surface area (Å²) >= 11 is 4.87. The van der Waals surface area contributed by atoms with E-state index < -0.39 is 0 Å². The van der Waals surface area contributed by atoms with Crippen LogP contribution in [0.2, 0.25) is 0 Å². The largest absolute Gasteiger partial charge is 0.335 e. The lowest BCUT2D eigenvalue weighted by atomic mass is 10.2. The zero-order valence-corrected chi connectivity index (χ0v) is 12.1. The van der Waals surface area contributed by atoms with Gasteiger partial charge in [-0.2, -0.15) is 0 Å². The van der Waals surface area contributed by atoms with E-state index in [9.17, 15) is 4.79 Å². The molecule has 1 fully saturated rings. The van der Waals surface area contributed by atoms with Crippen molar-refractivity contribution in [1.82, 2.24) is 10.2 Å². The van der Waals surface area contributed by atoms with Crippen molar-refractivity contribution in [2.24, 2.45) is 0 Å². The average Bonchev–Trinajstić information content (AvgIpc) is 2.64. The van der Waals surface area contributed by atoms with Crippen LogP contribution in [-0.4, -0.2) is 36.5 Å². The van der Waals surface area contributed by atoms with Crippen molar-refractivity contribution in [3.05, 3.63) is 20.8 Å². The molecule has 1 aliphatic rings. The third-order valence-electron chi connectivity index (χ3n) is 2.44. The summed E-state index contributed by atoms with van der Waals surface area (Å²) in [6.45, 7) is 4.59. The fourth-order valence-corrected chi connectivity index (χ4v) is 3.06. The minimum atomic E-state index is 0. The van der Waals surface area contributed by atoms with Crippen molar-refractivity contribution in [3.8, 4) is 0 Å². The first-order valence-electron chi connectivity index (χ1n) is 4.95. The smallest absolute Gasteiger partial charge is 0.264 e. The van der Waals surface area contributed by atoms with Gasteiger partial charge < -0.3 is 10.2 Å². The molecule has 16 heavy (non-hydrogen) atoms. The maximum absolute atomic E-state index is 12.0. The Bertz CT molecular complexity index is 371. The molecule has 1 amide bonds. The number of rotatable bonds is 1. The molecule has 1 N–H and O–H groups in total. The maximum atomic E-state index is 12.0. The van der Waals surface area contributed by atoms with E-state index in [4.69, 9.17) is 0 Å². The number of hydrogen-bond acceptors (Lipinski definition) is 3. The van der Waals surface area contributed by atoms with Crippen LogP contribution in [0.3, 0.4) is 0 Å². The van der Waals surface area contributed by atoms with Gasteiger partial charge in [-0.05, 0) is 35.0 Å². The first kappa shape index (κ1) is 14.0. The van der Waals surface area contributed by atoms with Crippen LogP contribution in [0, 0.1) is 0 Å². The molecule has 1 unspecified atom stereocenters. The van der Waals surface area contributed by atoms with E-state index in [-0.39, 0.29) is 18.3 Å². The van der Waals surface area contributed by atoms with Gasteiger partial charge in [-0.25, -0.2) is 0 Å². The molecular formula is C10H14BrClN2OS. The van der Waals surface area contributed by atoms with Crippen LogP contribution < -0.4 is 5.32 Å². The Labute approximate surface area is 114 Å².